The number of sulfone groups is 1. The van der Waals surface area contributed by atoms with E-state index >= 15 is 0 Å². The number of nitrogens with one attached hydrogen (secondary N) is 1. The molecule has 42 heavy (non-hydrogen) atoms. The molecule has 1 N–H and O–H groups in total. The Balaban J connectivity index is 1.36. The molecule has 5 rings (SSSR count). The number of imide groups is 1. The van der Waals surface area contributed by atoms with Gasteiger partial charge in [0.25, 0.3) is 5.91 Å². The quantitative estimate of drug-likeness (QED) is 0.131. The molecule has 1 aliphatic rings. The lowest BCUT2D eigenvalue weighted by Gasteiger charge is -2.25. The molecule has 1 unspecified atom stereocenters. The molecule has 0 spiro atoms. The molecule has 1 saturated heterocycles. The van der Waals surface area contributed by atoms with Gasteiger partial charge < -0.3 is 4.74 Å². The van der Waals surface area contributed by atoms with Crippen molar-refractivity contribution in [1.82, 2.24) is 10.3 Å². The first kappa shape index (κ1) is 28.3. The monoisotopic (exact) mass is 591 g/mol. The smallest absolute Gasteiger partial charge is 0.259 e. The van der Waals surface area contributed by atoms with E-state index in [-0.39, 0.29) is 15.5 Å². The highest BCUT2D eigenvalue weighted by molar-refractivity contribution is 7.95. The molecule has 0 aliphatic carbocycles. The predicted molar refractivity (Wildman–Crippen MR) is 161 cm³/mol. The van der Waals surface area contributed by atoms with Crippen molar-refractivity contribution >= 4 is 50.9 Å². The minimum absolute atomic E-state index is 0.165. The minimum atomic E-state index is -4.09. The fourth-order valence-corrected chi connectivity index (χ4v) is 5.71. The molecule has 0 radical (unpaired) electrons. The summed E-state index contributed by atoms with van der Waals surface area (Å²) >= 11 is 5.61. The van der Waals surface area contributed by atoms with Crippen LogP contribution in [-0.2, 0) is 19.4 Å². The Morgan fingerprint density at radius 3 is 2.17 bits per heavy atom. The third-order valence-corrected chi connectivity index (χ3v) is 8.36. The Hall–Kier alpha value is -5.24. The van der Waals surface area contributed by atoms with Crippen LogP contribution in [0.3, 0.4) is 0 Å². The molecule has 2 amide bonds. The average Bonchev–Trinajstić information content (AvgIpc) is 3.00. The van der Waals surface area contributed by atoms with Crippen molar-refractivity contribution in [3.05, 3.63) is 130 Å². The second-order valence-electron chi connectivity index (χ2n) is 9.12. The zero-order valence-electron chi connectivity index (χ0n) is 21.8. The van der Waals surface area contributed by atoms with E-state index in [1.54, 1.807) is 66.7 Å². The Bertz CT molecular complexity index is 1880. The van der Waals surface area contributed by atoms with Crippen LogP contribution in [0.25, 0.3) is 12.2 Å². The second-order valence-corrected chi connectivity index (χ2v) is 11.4. The number of pyridine rings is 1. The number of carbonyl (C=O) groups is 2. The first-order valence-corrected chi connectivity index (χ1v) is 14.5. The Labute approximate surface area is 247 Å². The minimum Gasteiger partial charge on any atom is -0.457 e. The standard InChI is InChI=1S/C32H21N3O5S2/c33-20-26(42(38,39)28-8-4-5-17-34-28)18-21-9-11-22(12-10-21)19-27-30(41)29(32(37)35-31(27)36)23-13-15-25(16-14-23)40-24-6-2-1-3-7-24/h1-19,29H,(H,35,36,37). The topological polar surface area (TPSA) is 126 Å². The molecule has 1 atom stereocenters. The number of rotatable bonds is 7. The number of hydrogen-bond acceptors (Lipinski definition) is 8. The third kappa shape index (κ3) is 6.07. The molecule has 206 valence electrons. The van der Waals surface area contributed by atoms with Gasteiger partial charge >= 0.3 is 0 Å². The number of aromatic nitrogens is 1. The first-order chi connectivity index (χ1) is 20.3. The van der Waals surface area contributed by atoms with Crippen molar-refractivity contribution in [2.24, 2.45) is 0 Å². The van der Waals surface area contributed by atoms with Gasteiger partial charge in [0.05, 0.1) is 11.5 Å². The number of nitriles is 1. The maximum absolute atomic E-state index is 12.8. The van der Waals surface area contributed by atoms with Gasteiger partial charge in [0.15, 0.2) is 9.93 Å². The number of para-hydroxylation sites is 1. The molecule has 10 heteroatoms. The van der Waals surface area contributed by atoms with Crippen LogP contribution in [-0.4, -0.2) is 30.1 Å². The van der Waals surface area contributed by atoms with E-state index < -0.39 is 32.5 Å². The number of hydrogen-bond donors (Lipinski definition) is 1. The Morgan fingerprint density at radius 2 is 1.52 bits per heavy atom. The van der Waals surface area contributed by atoms with E-state index in [9.17, 15) is 23.3 Å². The molecule has 0 bridgehead atoms. The highest BCUT2D eigenvalue weighted by Crippen LogP contribution is 2.30. The normalized spacial score (nSPS) is 16.5. The lowest BCUT2D eigenvalue weighted by Crippen LogP contribution is -2.45. The number of amides is 2. The van der Waals surface area contributed by atoms with Gasteiger partial charge in [0.1, 0.15) is 17.6 Å². The number of carbonyl (C=O) groups excluding carboxylic acids is 2. The van der Waals surface area contributed by atoms with Gasteiger partial charge in [-0.25, -0.2) is 13.4 Å². The van der Waals surface area contributed by atoms with Crippen LogP contribution in [0.2, 0.25) is 0 Å². The van der Waals surface area contributed by atoms with E-state index in [0.717, 1.165) is 0 Å². The molecule has 3 aromatic carbocycles. The van der Waals surface area contributed by atoms with Gasteiger partial charge in [-0.1, -0.05) is 72.9 Å². The summed E-state index contributed by atoms with van der Waals surface area (Å²) in [4.78, 5) is 29.1. The molecule has 1 aromatic heterocycles. The van der Waals surface area contributed by atoms with Crippen molar-refractivity contribution in [3.63, 3.8) is 0 Å². The van der Waals surface area contributed by atoms with Gasteiger partial charge in [-0.3, -0.25) is 14.9 Å². The van der Waals surface area contributed by atoms with Gasteiger partial charge in [-0.2, -0.15) is 5.26 Å². The van der Waals surface area contributed by atoms with E-state index in [4.69, 9.17) is 17.0 Å². The van der Waals surface area contributed by atoms with Crippen LogP contribution in [0, 0.1) is 11.3 Å². The summed E-state index contributed by atoms with van der Waals surface area (Å²) in [6, 6.07) is 28.9. The van der Waals surface area contributed by atoms with Crippen LogP contribution in [0.1, 0.15) is 22.6 Å². The number of allylic oxidation sites excluding steroid dienone is 1. The highest BCUT2D eigenvalue weighted by atomic mass is 32.2. The van der Waals surface area contributed by atoms with Gasteiger partial charge in [-0.05, 0) is 65.2 Å². The molecule has 1 aliphatic heterocycles. The van der Waals surface area contributed by atoms with Crippen LogP contribution in [0.4, 0.5) is 0 Å². The van der Waals surface area contributed by atoms with Crippen molar-refractivity contribution in [1.29, 1.82) is 5.26 Å². The fourth-order valence-electron chi connectivity index (χ4n) is 4.23. The number of nitrogens with zero attached hydrogens (tertiary/aromatic N) is 2. The zero-order valence-corrected chi connectivity index (χ0v) is 23.4. The molecule has 8 nitrogen and oxygen atoms in total. The SMILES string of the molecule is N#CC(=Cc1ccc(C=C2C(=O)NC(=O)C(c3ccc(Oc4ccccc4)cc3)C2=S)cc1)S(=O)(=O)c1ccccn1. The molecular formula is C32H21N3O5S2. The Kier molecular flexibility index (Phi) is 8.15. The lowest BCUT2D eigenvalue weighted by atomic mass is 9.86. The summed E-state index contributed by atoms with van der Waals surface area (Å²) in [5.74, 6) is -0.723. The van der Waals surface area contributed by atoms with Crippen molar-refractivity contribution in [2.75, 3.05) is 0 Å². The summed E-state index contributed by atoms with van der Waals surface area (Å²) in [7, 11) is -4.09. The van der Waals surface area contributed by atoms with E-state index in [1.807, 2.05) is 30.3 Å². The van der Waals surface area contributed by atoms with E-state index in [0.29, 0.717) is 28.2 Å². The van der Waals surface area contributed by atoms with Gasteiger partial charge in [0.2, 0.25) is 15.7 Å². The van der Waals surface area contributed by atoms with E-state index in [1.165, 1.54) is 24.4 Å². The summed E-state index contributed by atoms with van der Waals surface area (Å²) < 4.78 is 31.4. The van der Waals surface area contributed by atoms with Crippen molar-refractivity contribution in [3.8, 4) is 17.6 Å². The van der Waals surface area contributed by atoms with Crippen LogP contribution >= 0.6 is 12.2 Å². The zero-order chi connectivity index (χ0) is 29.7. The van der Waals surface area contributed by atoms with Gasteiger partial charge in [0, 0.05) is 11.1 Å². The molecule has 2 heterocycles. The molecule has 1 fully saturated rings. The average molecular weight is 592 g/mol. The second kappa shape index (κ2) is 12.1. The van der Waals surface area contributed by atoms with Crippen molar-refractivity contribution in [2.45, 2.75) is 10.9 Å². The third-order valence-electron chi connectivity index (χ3n) is 6.32. The number of benzene rings is 3. The first-order valence-electron chi connectivity index (χ1n) is 12.6. The lowest BCUT2D eigenvalue weighted by molar-refractivity contribution is -0.129. The largest absolute Gasteiger partial charge is 0.457 e. The summed E-state index contributed by atoms with van der Waals surface area (Å²) in [6.45, 7) is 0. The van der Waals surface area contributed by atoms with Crippen LogP contribution in [0.5, 0.6) is 11.5 Å². The number of thiocarbonyl (C=S) groups is 1. The summed E-state index contributed by atoms with van der Waals surface area (Å²) in [5, 5.41) is 11.7. The summed E-state index contributed by atoms with van der Waals surface area (Å²) in [5.41, 5.74) is 1.81. The van der Waals surface area contributed by atoms with Crippen LogP contribution < -0.4 is 10.1 Å². The van der Waals surface area contributed by atoms with E-state index in [2.05, 4.69) is 10.3 Å². The highest BCUT2D eigenvalue weighted by Gasteiger charge is 2.36. The molecule has 4 aromatic rings. The number of ether oxygens (including phenoxy) is 1. The maximum Gasteiger partial charge on any atom is 0.259 e. The van der Waals surface area contributed by atoms with Crippen LogP contribution in [0.15, 0.2) is 119 Å². The number of piperidine rings is 1. The molecular weight excluding hydrogens is 571 g/mol. The fraction of sp³-hybridized carbons (Fsp3) is 0.0312. The summed E-state index contributed by atoms with van der Waals surface area (Å²) in [6.07, 6.45) is 4.15. The maximum atomic E-state index is 12.8. The van der Waals surface area contributed by atoms with Gasteiger partial charge in [-0.15, -0.1) is 0 Å². The predicted octanol–water partition coefficient (Wildman–Crippen LogP) is 5.41. The Morgan fingerprint density at radius 1 is 0.881 bits per heavy atom. The van der Waals surface area contributed by atoms with Crippen molar-refractivity contribution < 1.29 is 22.7 Å². The molecule has 0 saturated carbocycles.